The summed E-state index contributed by atoms with van der Waals surface area (Å²) in [4.78, 5) is 11.1. The Hall–Kier alpha value is -2.73. The fourth-order valence-corrected chi connectivity index (χ4v) is 2.15. The first-order valence-corrected chi connectivity index (χ1v) is 8.54. The van der Waals surface area contributed by atoms with Gasteiger partial charge < -0.3 is 14.2 Å². The second kappa shape index (κ2) is 10.3. The van der Waals surface area contributed by atoms with Crippen LogP contribution in [0.25, 0.3) is 0 Å². The number of hydrogen-bond donors (Lipinski definition) is 1. The molecule has 138 valence electrons. The van der Waals surface area contributed by atoms with Crippen LogP contribution >= 0.6 is 11.6 Å². The molecule has 1 N–H and O–H groups in total. The van der Waals surface area contributed by atoms with Crippen molar-refractivity contribution in [1.82, 2.24) is 5.43 Å². The van der Waals surface area contributed by atoms with Crippen LogP contribution in [0.15, 0.2) is 47.6 Å². The van der Waals surface area contributed by atoms with Crippen molar-refractivity contribution in [1.29, 1.82) is 0 Å². The summed E-state index contributed by atoms with van der Waals surface area (Å²) in [5.41, 5.74) is 4.02. The first-order chi connectivity index (χ1) is 12.6. The molecule has 0 fully saturated rings. The maximum absolute atomic E-state index is 11.1. The molecule has 0 saturated carbocycles. The van der Waals surface area contributed by atoms with Crippen LogP contribution in [0.2, 0.25) is 5.02 Å². The molecule has 0 aromatic heterocycles. The number of aryl methyl sites for hydroxylation is 1. The fourth-order valence-electron chi connectivity index (χ4n) is 2.03. The maximum atomic E-state index is 11.1. The summed E-state index contributed by atoms with van der Waals surface area (Å²) in [5, 5.41) is 4.52. The zero-order valence-corrected chi connectivity index (χ0v) is 15.5. The molecular weight excluding hydrogens is 356 g/mol. The number of nitrogens with one attached hydrogen (secondary N) is 1. The second-order valence-corrected chi connectivity index (χ2v) is 5.68. The molecule has 2 aromatic rings. The summed E-state index contributed by atoms with van der Waals surface area (Å²) < 4.78 is 16.0. The topological polar surface area (TPSA) is 69.2 Å². The van der Waals surface area contributed by atoms with Crippen molar-refractivity contribution in [2.75, 3.05) is 19.8 Å². The molecule has 2 rings (SSSR count). The molecule has 0 atom stereocenters. The van der Waals surface area contributed by atoms with Crippen molar-refractivity contribution in [2.24, 2.45) is 5.10 Å². The first kappa shape index (κ1) is 19.6. The molecule has 0 aliphatic heterocycles. The van der Waals surface area contributed by atoms with Crippen molar-refractivity contribution >= 4 is 23.9 Å². The van der Waals surface area contributed by atoms with Gasteiger partial charge in [-0.05, 0) is 55.3 Å². The third-order valence-electron chi connectivity index (χ3n) is 3.25. The molecule has 0 aliphatic rings. The Bertz CT molecular complexity index is 765. The van der Waals surface area contributed by atoms with Crippen LogP contribution in [-0.2, 0) is 4.74 Å². The number of nitrogens with zero attached hydrogens (tertiary/aromatic N) is 1. The van der Waals surface area contributed by atoms with Crippen molar-refractivity contribution in [3.8, 4) is 11.5 Å². The first-order valence-electron chi connectivity index (χ1n) is 8.16. The van der Waals surface area contributed by atoms with E-state index in [1.807, 2.05) is 43.3 Å². The summed E-state index contributed by atoms with van der Waals surface area (Å²) in [7, 11) is 0. The average Bonchev–Trinajstić information content (AvgIpc) is 2.62. The third-order valence-corrected chi connectivity index (χ3v) is 3.68. The molecule has 0 radical (unpaired) electrons. The monoisotopic (exact) mass is 376 g/mol. The predicted molar refractivity (Wildman–Crippen MR) is 101 cm³/mol. The number of hydrogen-bond acceptors (Lipinski definition) is 5. The highest BCUT2D eigenvalue weighted by atomic mass is 35.5. The zero-order chi connectivity index (χ0) is 18.8. The van der Waals surface area contributed by atoms with Crippen LogP contribution in [0.3, 0.4) is 0 Å². The highest BCUT2D eigenvalue weighted by molar-refractivity contribution is 6.31. The summed E-state index contributed by atoms with van der Waals surface area (Å²) >= 11 is 5.98. The van der Waals surface area contributed by atoms with Gasteiger partial charge >= 0.3 is 6.09 Å². The molecule has 6 nitrogen and oxygen atoms in total. The zero-order valence-electron chi connectivity index (χ0n) is 14.7. The highest BCUT2D eigenvalue weighted by Crippen LogP contribution is 2.21. The summed E-state index contributed by atoms with van der Waals surface area (Å²) in [6.07, 6.45) is 0.919. The van der Waals surface area contributed by atoms with Crippen LogP contribution < -0.4 is 14.9 Å². The summed E-state index contributed by atoms with van der Waals surface area (Å²) in [5.74, 6) is 1.43. The Morgan fingerprint density at radius 1 is 1.15 bits per heavy atom. The van der Waals surface area contributed by atoms with Crippen LogP contribution in [0.5, 0.6) is 11.5 Å². The van der Waals surface area contributed by atoms with Gasteiger partial charge in [0.2, 0.25) is 0 Å². The minimum Gasteiger partial charge on any atom is -0.490 e. The lowest BCUT2D eigenvalue weighted by molar-refractivity contribution is 0.152. The van der Waals surface area contributed by atoms with E-state index in [1.165, 1.54) is 6.21 Å². The molecule has 26 heavy (non-hydrogen) atoms. The van der Waals surface area contributed by atoms with Gasteiger partial charge in [-0.15, -0.1) is 0 Å². The van der Waals surface area contributed by atoms with Crippen molar-refractivity contribution in [2.45, 2.75) is 13.8 Å². The van der Waals surface area contributed by atoms with Crippen molar-refractivity contribution in [3.05, 3.63) is 58.6 Å². The van der Waals surface area contributed by atoms with E-state index < -0.39 is 6.09 Å². The predicted octanol–water partition coefficient (Wildman–Crippen LogP) is 4.19. The number of carbonyl (C=O) groups is 1. The molecule has 0 aliphatic carbocycles. The normalized spacial score (nSPS) is 10.6. The van der Waals surface area contributed by atoms with Crippen LogP contribution in [0.4, 0.5) is 4.79 Å². The van der Waals surface area contributed by atoms with Crippen molar-refractivity contribution < 1.29 is 19.0 Å². The molecule has 0 saturated heterocycles. The minimum absolute atomic E-state index is 0.294. The SMILES string of the molecule is CCOC(=O)N/N=C\c1cccc(OCCOc2ccc(Cl)c(C)c2)c1. The number of hydrazone groups is 1. The van der Waals surface area contributed by atoms with E-state index in [0.29, 0.717) is 30.6 Å². The molecular formula is C19H21ClN2O4. The molecule has 2 aromatic carbocycles. The number of carbonyl (C=O) groups excluding carboxylic acids is 1. The lowest BCUT2D eigenvalue weighted by atomic mass is 10.2. The summed E-state index contributed by atoms with van der Waals surface area (Å²) in [6, 6.07) is 12.8. The molecule has 0 unspecified atom stereocenters. The number of benzene rings is 2. The van der Waals surface area contributed by atoms with Gasteiger partial charge in [0.15, 0.2) is 0 Å². The quantitative estimate of drug-likeness (QED) is 0.426. The van der Waals surface area contributed by atoms with Gasteiger partial charge in [-0.3, -0.25) is 0 Å². The Morgan fingerprint density at radius 3 is 2.58 bits per heavy atom. The van der Waals surface area contributed by atoms with Gasteiger partial charge in [0.05, 0.1) is 12.8 Å². The van der Waals surface area contributed by atoms with Crippen LogP contribution in [-0.4, -0.2) is 32.1 Å². The van der Waals surface area contributed by atoms with Gasteiger partial charge in [0.1, 0.15) is 24.7 Å². The van der Waals surface area contributed by atoms with Gasteiger partial charge in [-0.2, -0.15) is 5.10 Å². The van der Waals surface area contributed by atoms with Gasteiger partial charge in [-0.1, -0.05) is 23.7 Å². The lowest BCUT2D eigenvalue weighted by Crippen LogP contribution is -2.18. The fraction of sp³-hybridized carbons (Fsp3) is 0.263. The Labute approximate surface area is 157 Å². The lowest BCUT2D eigenvalue weighted by Gasteiger charge is -2.09. The van der Waals surface area contributed by atoms with E-state index >= 15 is 0 Å². The Balaban J connectivity index is 1.78. The van der Waals surface area contributed by atoms with E-state index in [-0.39, 0.29) is 0 Å². The number of ether oxygens (including phenoxy) is 3. The van der Waals surface area contributed by atoms with Gasteiger partial charge in [0, 0.05) is 5.02 Å². The van der Waals surface area contributed by atoms with E-state index in [0.717, 1.165) is 16.9 Å². The number of halogens is 1. The highest BCUT2D eigenvalue weighted by Gasteiger charge is 2.00. The van der Waals surface area contributed by atoms with Crippen LogP contribution in [0.1, 0.15) is 18.1 Å². The Kier molecular flexibility index (Phi) is 7.76. The maximum Gasteiger partial charge on any atom is 0.427 e. The molecule has 0 heterocycles. The third kappa shape index (κ3) is 6.64. The van der Waals surface area contributed by atoms with Gasteiger partial charge in [0.25, 0.3) is 0 Å². The standard InChI is InChI=1S/C19H21ClN2O4/c1-3-24-19(23)22-21-13-15-5-4-6-16(12-15)25-9-10-26-17-7-8-18(20)14(2)11-17/h4-8,11-13H,3,9-10H2,1-2H3,(H,22,23)/b21-13-. The van der Waals surface area contributed by atoms with E-state index in [1.54, 1.807) is 13.0 Å². The van der Waals surface area contributed by atoms with E-state index in [2.05, 4.69) is 10.5 Å². The van der Waals surface area contributed by atoms with Crippen LogP contribution in [0, 0.1) is 6.92 Å². The Morgan fingerprint density at radius 2 is 1.88 bits per heavy atom. The average molecular weight is 377 g/mol. The summed E-state index contributed by atoms with van der Waals surface area (Å²) in [6.45, 7) is 4.74. The van der Waals surface area contributed by atoms with E-state index in [9.17, 15) is 4.79 Å². The van der Waals surface area contributed by atoms with Crippen molar-refractivity contribution in [3.63, 3.8) is 0 Å². The number of rotatable bonds is 8. The van der Waals surface area contributed by atoms with Gasteiger partial charge in [-0.25, -0.2) is 10.2 Å². The smallest absolute Gasteiger partial charge is 0.427 e. The molecule has 1 amide bonds. The molecule has 0 spiro atoms. The van der Waals surface area contributed by atoms with E-state index in [4.69, 9.17) is 25.8 Å². The molecule has 7 heteroatoms. The second-order valence-electron chi connectivity index (χ2n) is 5.27. The minimum atomic E-state index is -0.592. The largest absolute Gasteiger partial charge is 0.490 e. The molecule has 0 bridgehead atoms. The number of amides is 1.